The van der Waals surface area contributed by atoms with Gasteiger partial charge in [0.05, 0.1) is 18.8 Å². The van der Waals surface area contributed by atoms with E-state index in [2.05, 4.69) is 0 Å². The number of morpholine rings is 1. The Hall–Kier alpha value is -1.11. The third kappa shape index (κ3) is 2.97. The zero-order valence-electron chi connectivity index (χ0n) is 12.3. The molecule has 0 radical (unpaired) electrons. The SMILES string of the molecule is COc1ccccc1S(=O)(=O)N1CC(C)OC(C)(C)C1. The second-order valence-electron chi connectivity index (χ2n) is 5.64. The van der Waals surface area contributed by atoms with Gasteiger partial charge in [-0.1, -0.05) is 12.1 Å². The molecular formula is C14H21NO4S. The molecular weight excluding hydrogens is 278 g/mol. The fourth-order valence-electron chi connectivity index (χ4n) is 2.55. The van der Waals surface area contributed by atoms with Gasteiger partial charge in [-0.05, 0) is 32.9 Å². The van der Waals surface area contributed by atoms with Gasteiger partial charge in [0, 0.05) is 13.1 Å². The first kappa shape index (κ1) is 15.3. The molecule has 1 atom stereocenters. The molecule has 112 valence electrons. The molecule has 1 aromatic carbocycles. The largest absolute Gasteiger partial charge is 0.495 e. The third-order valence-electron chi connectivity index (χ3n) is 3.22. The summed E-state index contributed by atoms with van der Waals surface area (Å²) in [6.07, 6.45) is -0.136. The number of para-hydroxylation sites is 1. The molecule has 1 aliphatic heterocycles. The first-order valence-electron chi connectivity index (χ1n) is 6.57. The van der Waals surface area contributed by atoms with Crippen LogP contribution in [0.2, 0.25) is 0 Å². The molecule has 0 aliphatic carbocycles. The van der Waals surface area contributed by atoms with Gasteiger partial charge < -0.3 is 9.47 Å². The molecule has 0 N–H and O–H groups in total. The van der Waals surface area contributed by atoms with Crippen molar-refractivity contribution in [2.45, 2.75) is 37.4 Å². The second kappa shape index (κ2) is 5.35. The molecule has 1 aromatic rings. The summed E-state index contributed by atoms with van der Waals surface area (Å²) in [5, 5.41) is 0. The van der Waals surface area contributed by atoms with Gasteiger partial charge in [0.25, 0.3) is 0 Å². The Labute approximate surface area is 120 Å². The zero-order valence-corrected chi connectivity index (χ0v) is 13.1. The Bertz CT molecular complexity index is 583. The van der Waals surface area contributed by atoms with Gasteiger partial charge in [-0.25, -0.2) is 8.42 Å². The third-order valence-corrected chi connectivity index (χ3v) is 5.08. The van der Waals surface area contributed by atoms with E-state index >= 15 is 0 Å². The van der Waals surface area contributed by atoms with Crippen LogP contribution in [0, 0.1) is 0 Å². The lowest BCUT2D eigenvalue weighted by molar-refractivity contribution is -0.109. The number of nitrogens with zero attached hydrogens (tertiary/aromatic N) is 1. The lowest BCUT2D eigenvalue weighted by Crippen LogP contribution is -2.53. The van der Waals surface area contributed by atoms with Crippen molar-refractivity contribution in [2.75, 3.05) is 20.2 Å². The second-order valence-corrected chi connectivity index (χ2v) is 7.54. The van der Waals surface area contributed by atoms with Crippen molar-refractivity contribution in [3.8, 4) is 5.75 Å². The van der Waals surface area contributed by atoms with Crippen LogP contribution in [0.25, 0.3) is 0 Å². The molecule has 0 aromatic heterocycles. The predicted molar refractivity (Wildman–Crippen MR) is 76.4 cm³/mol. The van der Waals surface area contributed by atoms with Crippen molar-refractivity contribution in [1.82, 2.24) is 4.31 Å². The van der Waals surface area contributed by atoms with Crippen LogP contribution in [0.15, 0.2) is 29.2 Å². The van der Waals surface area contributed by atoms with Gasteiger partial charge in [-0.2, -0.15) is 4.31 Å². The molecule has 1 heterocycles. The summed E-state index contributed by atoms with van der Waals surface area (Å²) in [5.74, 6) is 0.365. The van der Waals surface area contributed by atoms with E-state index in [0.717, 1.165) is 0 Å². The number of hydrogen-bond acceptors (Lipinski definition) is 4. The van der Waals surface area contributed by atoms with E-state index in [0.29, 0.717) is 18.8 Å². The summed E-state index contributed by atoms with van der Waals surface area (Å²) in [7, 11) is -2.11. The van der Waals surface area contributed by atoms with Crippen LogP contribution >= 0.6 is 0 Å². The molecule has 0 spiro atoms. The maximum Gasteiger partial charge on any atom is 0.246 e. The van der Waals surface area contributed by atoms with Crippen LogP contribution in [-0.2, 0) is 14.8 Å². The van der Waals surface area contributed by atoms with Gasteiger partial charge >= 0.3 is 0 Å². The quantitative estimate of drug-likeness (QED) is 0.855. The van der Waals surface area contributed by atoms with Gasteiger partial charge in [-0.3, -0.25) is 0 Å². The molecule has 1 aliphatic rings. The normalized spacial score (nSPS) is 23.5. The zero-order chi connectivity index (χ0) is 15.0. The molecule has 1 unspecified atom stereocenters. The number of benzene rings is 1. The minimum absolute atomic E-state index is 0.136. The van der Waals surface area contributed by atoms with Crippen molar-refractivity contribution in [2.24, 2.45) is 0 Å². The molecule has 5 nitrogen and oxygen atoms in total. The van der Waals surface area contributed by atoms with E-state index in [1.54, 1.807) is 24.3 Å². The van der Waals surface area contributed by atoms with E-state index in [1.165, 1.54) is 11.4 Å². The van der Waals surface area contributed by atoms with Gasteiger partial charge in [0.15, 0.2) is 0 Å². The summed E-state index contributed by atoms with van der Waals surface area (Å²) in [6.45, 7) is 6.36. The molecule has 1 fully saturated rings. The average Bonchev–Trinajstić information content (AvgIpc) is 2.36. The highest BCUT2D eigenvalue weighted by Crippen LogP contribution is 2.30. The molecule has 20 heavy (non-hydrogen) atoms. The minimum Gasteiger partial charge on any atom is -0.495 e. The number of methoxy groups -OCH3 is 1. The molecule has 0 bridgehead atoms. The van der Waals surface area contributed by atoms with Crippen molar-refractivity contribution in [3.63, 3.8) is 0 Å². The van der Waals surface area contributed by atoms with Gasteiger partial charge in [-0.15, -0.1) is 0 Å². The van der Waals surface area contributed by atoms with E-state index < -0.39 is 15.6 Å². The molecule has 1 saturated heterocycles. The summed E-state index contributed by atoms with van der Waals surface area (Å²) in [4.78, 5) is 0.201. The van der Waals surface area contributed by atoms with Crippen LogP contribution in [0.1, 0.15) is 20.8 Å². The smallest absolute Gasteiger partial charge is 0.246 e. The Morgan fingerprint density at radius 3 is 2.60 bits per heavy atom. The first-order chi connectivity index (χ1) is 9.26. The maximum atomic E-state index is 12.8. The Morgan fingerprint density at radius 1 is 1.35 bits per heavy atom. The standard InChI is InChI=1S/C14H21NO4S/c1-11-9-15(10-14(2,3)19-11)20(16,17)13-8-6-5-7-12(13)18-4/h5-8,11H,9-10H2,1-4H3. The van der Waals surface area contributed by atoms with Crippen LogP contribution in [0.3, 0.4) is 0 Å². The van der Waals surface area contributed by atoms with E-state index in [1.807, 2.05) is 20.8 Å². The summed E-state index contributed by atoms with van der Waals surface area (Å²) in [6, 6.07) is 6.68. The van der Waals surface area contributed by atoms with E-state index in [4.69, 9.17) is 9.47 Å². The first-order valence-corrected chi connectivity index (χ1v) is 8.01. The highest BCUT2D eigenvalue weighted by Gasteiger charge is 2.38. The summed E-state index contributed by atoms with van der Waals surface area (Å²) < 4.78 is 38.0. The van der Waals surface area contributed by atoms with Crippen molar-refractivity contribution in [1.29, 1.82) is 0 Å². The summed E-state index contributed by atoms with van der Waals surface area (Å²) in [5.41, 5.74) is -0.493. The van der Waals surface area contributed by atoms with Crippen LogP contribution in [-0.4, -0.2) is 44.6 Å². The summed E-state index contributed by atoms with van der Waals surface area (Å²) >= 11 is 0. The topological polar surface area (TPSA) is 55.8 Å². The van der Waals surface area contributed by atoms with E-state index in [9.17, 15) is 8.42 Å². The van der Waals surface area contributed by atoms with Crippen molar-refractivity contribution >= 4 is 10.0 Å². The Balaban J connectivity index is 2.39. The monoisotopic (exact) mass is 299 g/mol. The fourth-order valence-corrected chi connectivity index (χ4v) is 4.37. The van der Waals surface area contributed by atoms with E-state index in [-0.39, 0.29) is 11.0 Å². The minimum atomic E-state index is -3.58. The number of sulfonamides is 1. The average molecular weight is 299 g/mol. The maximum absolute atomic E-state index is 12.8. The predicted octanol–water partition coefficient (Wildman–Crippen LogP) is 1.88. The lowest BCUT2D eigenvalue weighted by atomic mass is 10.1. The molecule has 6 heteroatoms. The Morgan fingerprint density at radius 2 is 2.00 bits per heavy atom. The van der Waals surface area contributed by atoms with Crippen LogP contribution < -0.4 is 4.74 Å². The van der Waals surface area contributed by atoms with Crippen LogP contribution in [0.4, 0.5) is 0 Å². The molecule has 2 rings (SSSR count). The molecule has 0 saturated carbocycles. The highest BCUT2D eigenvalue weighted by atomic mass is 32.2. The Kier molecular flexibility index (Phi) is 4.09. The van der Waals surface area contributed by atoms with Crippen LogP contribution in [0.5, 0.6) is 5.75 Å². The number of ether oxygens (including phenoxy) is 2. The fraction of sp³-hybridized carbons (Fsp3) is 0.571. The molecule has 0 amide bonds. The highest BCUT2D eigenvalue weighted by molar-refractivity contribution is 7.89. The van der Waals surface area contributed by atoms with Gasteiger partial charge in [0.2, 0.25) is 10.0 Å². The van der Waals surface area contributed by atoms with Crippen molar-refractivity contribution < 1.29 is 17.9 Å². The lowest BCUT2D eigenvalue weighted by Gasteiger charge is -2.40. The van der Waals surface area contributed by atoms with Gasteiger partial charge in [0.1, 0.15) is 10.6 Å². The number of rotatable bonds is 3. The van der Waals surface area contributed by atoms with Crippen molar-refractivity contribution in [3.05, 3.63) is 24.3 Å². The number of hydrogen-bond donors (Lipinski definition) is 0.